The Balaban J connectivity index is 2.79. The predicted octanol–water partition coefficient (Wildman–Crippen LogP) is 1.16. The minimum absolute atomic E-state index is 0.0133. The number of aliphatic carboxylic acids is 3. The van der Waals surface area contributed by atoms with Crippen LogP contribution in [-0.4, -0.2) is 55.4 Å². The SMILES string of the molecule is O=C(O)CCC(CP(=O)(O)CC(Cc1cccnc1)C(=O)O)C(=O)O. The van der Waals surface area contributed by atoms with E-state index in [-0.39, 0.29) is 12.8 Å². The van der Waals surface area contributed by atoms with Crippen LogP contribution in [0.3, 0.4) is 0 Å². The molecule has 9 nitrogen and oxygen atoms in total. The van der Waals surface area contributed by atoms with E-state index in [4.69, 9.17) is 10.2 Å². The molecule has 4 N–H and O–H groups in total. The first-order chi connectivity index (χ1) is 11.6. The van der Waals surface area contributed by atoms with Crippen LogP contribution in [0.25, 0.3) is 0 Å². The molecule has 0 aliphatic rings. The van der Waals surface area contributed by atoms with E-state index < -0.39 is 55.9 Å². The average molecular weight is 373 g/mol. The number of aromatic nitrogens is 1. The minimum atomic E-state index is -4.08. The van der Waals surface area contributed by atoms with Gasteiger partial charge in [0.25, 0.3) is 0 Å². The molecule has 0 aliphatic heterocycles. The summed E-state index contributed by atoms with van der Waals surface area (Å²) in [5.41, 5.74) is 0.579. The zero-order valence-electron chi connectivity index (χ0n) is 13.3. The van der Waals surface area contributed by atoms with E-state index in [9.17, 15) is 28.9 Å². The first kappa shape index (κ1) is 20.8. The zero-order valence-corrected chi connectivity index (χ0v) is 14.2. The van der Waals surface area contributed by atoms with Crippen molar-refractivity contribution in [1.82, 2.24) is 4.98 Å². The van der Waals surface area contributed by atoms with Gasteiger partial charge in [-0.2, -0.15) is 0 Å². The van der Waals surface area contributed by atoms with Gasteiger partial charge in [0, 0.05) is 31.1 Å². The lowest BCUT2D eigenvalue weighted by atomic mass is 10.0. The van der Waals surface area contributed by atoms with E-state index in [2.05, 4.69) is 4.98 Å². The summed E-state index contributed by atoms with van der Waals surface area (Å²) in [5, 5.41) is 27.0. The molecule has 0 spiro atoms. The van der Waals surface area contributed by atoms with Crippen LogP contribution in [0.4, 0.5) is 0 Å². The summed E-state index contributed by atoms with van der Waals surface area (Å²) in [5.74, 6) is -6.35. The van der Waals surface area contributed by atoms with Crippen molar-refractivity contribution in [2.75, 3.05) is 12.3 Å². The molecule has 1 rings (SSSR count). The van der Waals surface area contributed by atoms with Gasteiger partial charge in [-0.3, -0.25) is 23.9 Å². The summed E-state index contributed by atoms with van der Waals surface area (Å²) in [7, 11) is -4.08. The van der Waals surface area contributed by atoms with Crippen molar-refractivity contribution in [1.29, 1.82) is 0 Å². The Morgan fingerprint density at radius 2 is 1.68 bits per heavy atom. The lowest BCUT2D eigenvalue weighted by Crippen LogP contribution is -2.25. The van der Waals surface area contributed by atoms with Gasteiger partial charge in [-0.05, 0) is 24.5 Å². The predicted molar refractivity (Wildman–Crippen MR) is 86.6 cm³/mol. The van der Waals surface area contributed by atoms with Crippen molar-refractivity contribution < 1.29 is 39.2 Å². The van der Waals surface area contributed by atoms with Crippen molar-refractivity contribution in [2.24, 2.45) is 11.8 Å². The molecule has 0 aromatic carbocycles. The molecule has 0 radical (unpaired) electrons. The molecule has 0 amide bonds. The normalized spacial score (nSPS) is 15.7. The van der Waals surface area contributed by atoms with Crippen LogP contribution in [0.2, 0.25) is 0 Å². The Labute approximate surface area is 143 Å². The van der Waals surface area contributed by atoms with E-state index in [1.54, 1.807) is 12.1 Å². The van der Waals surface area contributed by atoms with Crippen LogP contribution >= 0.6 is 7.37 Å². The van der Waals surface area contributed by atoms with Gasteiger partial charge in [0.15, 0.2) is 0 Å². The molecule has 0 bridgehead atoms. The van der Waals surface area contributed by atoms with Crippen molar-refractivity contribution >= 4 is 25.3 Å². The molecular weight excluding hydrogens is 353 g/mol. The Kier molecular flexibility index (Phi) is 7.73. The molecule has 1 aromatic rings. The van der Waals surface area contributed by atoms with E-state index in [0.29, 0.717) is 5.56 Å². The number of carbonyl (C=O) groups is 3. The number of hydrogen-bond donors (Lipinski definition) is 4. The fourth-order valence-corrected chi connectivity index (χ4v) is 4.54. The summed E-state index contributed by atoms with van der Waals surface area (Å²) in [6.45, 7) is 0. The van der Waals surface area contributed by atoms with Crippen molar-refractivity contribution in [3.8, 4) is 0 Å². The summed E-state index contributed by atoms with van der Waals surface area (Å²) in [6, 6.07) is 3.25. The molecule has 10 heteroatoms. The van der Waals surface area contributed by atoms with E-state index in [0.717, 1.165) is 0 Å². The quantitative estimate of drug-likeness (QED) is 0.417. The minimum Gasteiger partial charge on any atom is -0.481 e. The third-order valence-corrected chi connectivity index (χ3v) is 5.64. The molecule has 25 heavy (non-hydrogen) atoms. The lowest BCUT2D eigenvalue weighted by Gasteiger charge is -2.20. The number of carboxylic acid groups (broad SMARTS) is 3. The second-order valence-corrected chi connectivity index (χ2v) is 8.20. The van der Waals surface area contributed by atoms with Crippen LogP contribution in [-0.2, 0) is 25.4 Å². The second-order valence-electron chi connectivity index (χ2n) is 5.78. The Bertz CT molecular complexity index is 663. The number of rotatable bonds is 11. The van der Waals surface area contributed by atoms with Crippen molar-refractivity contribution in [3.63, 3.8) is 0 Å². The Morgan fingerprint density at radius 3 is 2.16 bits per heavy atom. The maximum absolute atomic E-state index is 12.3. The number of pyridine rings is 1. The van der Waals surface area contributed by atoms with Crippen LogP contribution in [0.1, 0.15) is 18.4 Å². The third kappa shape index (κ3) is 7.91. The third-order valence-electron chi connectivity index (χ3n) is 3.62. The first-order valence-corrected chi connectivity index (χ1v) is 9.51. The molecule has 1 heterocycles. The lowest BCUT2D eigenvalue weighted by molar-refractivity contribution is -0.142. The van der Waals surface area contributed by atoms with Gasteiger partial charge in [0.2, 0.25) is 7.37 Å². The van der Waals surface area contributed by atoms with Crippen molar-refractivity contribution in [2.45, 2.75) is 19.3 Å². The van der Waals surface area contributed by atoms with Gasteiger partial charge in [0.1, 0.15) is 0 Å². The maximum atomic E-state index is 12.3. The number of nitrogens with zero attached hydrogens (tertiary/aromatic N) is 1. The average Bonchev–Trinajstić information content (AvgIpc) is 2.51. The highest BCUT2D eigenvalue weighted by Crippen LogP contribution is 2.45. The summed E-state index contributed by atoms with van der Waals surface area (Å²) < 4.78 is 12.3. The van der Waals surface area contributed by atoms with Gasteiger partial charge in [-0.1, -0.05) is 6.07 Å². The van der Waals surface area contributed by atoms with E-state index in [1.807, 2.05) is 0 Å². The smallest absolute Gasteiger partial charge is 0.307 e. The molecule has 3 unspecified atom stereocenters. The molecular formula is C15H20NO8P. The number of hydrogen-bond acceptors (Lipinski definition) is 5. The highest BCUT2D eigenvalue weighted by atomic mass is 31.2. The standard InChI is InChI=1S/C15H20NO8P/c17-13(18)4-3-11(14(19)20)8-25(23,24)9-12(15(21)22)6-10-2-1-5-16-7-10/h1-2,5,7,11-12H,3-4,6,8-9H2,(H,17,18)(H,19,20)(H,21,22)(H,23,24). The topological polar surface area (TPSA) is 162 Å². The largest absolute Gasteiger partial charge is 0.481 e. The molecule has 1 aromatic heterocycles. The Morgan fingerprint density at radius 1 is 1.08 bits per heavy atom. The Hall–Kier alpha value is -2.25. The summed E-state index contributed by atoms with van der Waals surface area (Å²) >= 11 is 0. The van der Waals surface area contributed by atoms with Gasteiger partial charge < -0.3 is 20.2 Å². The molecule has 0 aliphatic carbocycles. The molecule has 0 saturated heterocycles. The van der Waals surface area contributed by atoms with Crippen LogP contribution in [0.5, 0.6) is 0 Å². The highest BCUT2D eigenvalue weighted by molar-refractivity contribution is 7.58. The van der Waals surface area contributed by atoms with Gasteiger partial charge in [-0.15, -0.1) is 0 Å². The summed E-state index contributed by atoms with van der Waals surface area (Å²) in [6.07, 6.45) is 0.951. The van der Waals surface area contributed by atoms with Crippen LogP contribution in [0, 0.1) is 11.8 Å². The highest BCUT2D eigenvalue weighted by Gasteiger charge is 2.34. The van der Waals surface area contributed by atoms with E-state index in [1.165, 1.54) is 12.4 Å². The van der Waals surface area contributed by atoms with Gasteiger partial charge in [-0.25, -0.2) is 0 Å². The fourth-order valence-electron chi connectivity index (χ4n) is 2.39. The zero-order chi connectivity index (χ0) is 19.0. The number of carboxylic acids is 3. The fraction of sp³-hybridized carbons (Fsp3) is 0.467. The monoisotopic (exact) mass is 373 g/mol. The van der Waals surface area contributed by atoms with Gasteiger partial charge in [0.05, 0.1) is 11.8 Å². The second kappa shape index (κ2) is 9.29. The van der Waals surface area contributed by atoms with E-state index >= 15 is 0 Å². The first-order valence-electron chi connectivity index (χ1n) is 7.48. The summed E-state index contributed by atoms with van der Waals surface area (Å²) in [4.78, 5) is 47.0. The maximum Gasteiger partial charge on any atom is 0.307 e. The molecule has 3 atom stereocenters. The van der Waals surface area contributed by atoms with Gasteiger partial charge >= 0.3 is 17.9 Å². The molecule has 0 saturated carbocycles. The van der Waals surface area contributed by atoms with Crippen LogP contribution < -0.4 is 0 Å². The van der Waals surface area contributed by atoms with Crippen LogP contribution in [0.15, 0.2) is 24.5 Å². The van der Waals surface area contributed by atoms with Crippen molar-refractivity contribution in [3.05, 3.63) is 30.1 Å². The molecule has 0 fully saturated rings. The molecule has 138 valence electrons.